The third kappa shape index (κ3) is 4.22. The number of carbonyl (C=O) groups is 4. The Hall–Kier alpha value is -4.44. The van der Waals surface area contributed by atoms with Crippen LogP contribution < -0.4 is 15.5 Å². The van der Waals surface area contributed by atoms with Crippen LogP contribution in [0.1, 0.15) is 16.2 Å². The predicted octanol–water partition coefficient (Wildman–Crippen LogP) is -0.247. The SMILES string of the molecule is CO/N=C(\C(=O)N[C@@H]1C(=O)N2C(C(=O)O)=C(Cn3c(C(=O)O)c[n+]4ccccc34)CS[C@H]12)c1csc(N)n1. The van der Waals surface area contributed by atoms with Gasteiger partial charge in [0.05, 0.1) is 6.20 Å². The maximum atomic E-state index is 13.1. The first-order valence-electron chi connectivity index (χ1n) is 11.0. The number of thioether (sulfide) groups is 1. The zero-order chi connectivity index (χ0) is 27.1. The first-order valence-corrected chi connectivity index (χ1v) is 12.9. The van der Waals surface area contributed by atoms with Gasteiger partial charge in [-0.05, 0) is 6.07 Å². The number of rotatable bonds is 8. The molecule has 14 nitrogen and oxygen atoms in total. The molecule has 5 N–H and O–H groups in total. The number of aromatic nitrogens is 3. The fourth-order valence-corrected chi connectivity index (χ4v) is 6.23. The van der Waals surface area contributed by atoms with E-state index in [4.69, 9.17) is 10.6 Å². The van der Waals surface area contributed by atoms with Gasteiger partial charge < -0.3 is 26.1 Å². The fourth-order valence-electron chi connectivity index (χ4n) is 4.34. The summed E-state index contributed by atoms with van der Waals surface area (Å²) >= 11 is 2.36. The van der Waals surface area contributed by atoms with Crippen molar-refractivity contribution in [2.75, 3.05) is 18.6 Å². The quantitative estimate of drug-likeness (QED) is 0.124. The smallest absolute Gasteiger partial charge is 0.379 e. The molecule has 0 radical (unpaired) electrons. The summed E-state index contributed by atoms with van der Waals surface area (Å²) in [5.74, 6) is -3.66. The maximum Gasteiger partial charge on any atom is 0.379 e. The van der Waals surface area contributed by atoms with Gasteiger partial charge in [-0.25, -0.2) is 23.5 Å². The van der Waals surface area contributed by atoms with E-state index in [1.165, 1.54) is 35.0 Å². The summed E-state index contributed by atoms with van der Waals surface area (Å²) in [6.07, 6.45) is 3.12. The van der Waals surface area contributed by atoms with Crippen molar-refractivity contribution in [3.8, 4) is 0 Å². The summed E-state index contributed by atoms with van der Waals surface area (Å²) in [5, 5.41) is 27.0. The van der Waals surface area contributed by atoms with E-state index in [0.29, 0.717) is 11.2 Å². The Morgan fingerprint density at radius 1 is 1.32 bits per heavy atom. The van der Waals surface area contributed by atoms with Crippen LogP contribution in [0.2, 0.25) is 0 Å². The van der Waals surface area contributed by atoms with Gasteiger partial charge in [-0.3, -0.25) is 14.5 Å². The summed E-state index contributed by atoms with van der Waals surface area (Å²) in [6.45, 7) is -0.0554. The molecule has 0 spiro atoms. The summed E-state index contributed by atoms with van der Waals surface area (Å²) in [6, 6.07) is 4.18. The minimum absolute atomic E-state index is 0.0340. The number of imidazole rings is 1. The number of nitrogens with one attached hydrogen (secondary N) is 1. The molecule has 0 saturated carbocycles. The monoisotopic (exact) mass is 558 g/mol. The lowest BCUT2D eigenvalue weighted by atomic mass is 10.0. The van der Waals surface area contributed by atoms with Crippen molar-refractivity contribution in [2.24, 2.45) is 5.16 Å². The number of thiazole rings is 1. The number of nitrogens with zero attached hydrogens (tertiary/aromatic N) is 5. The molecule has 0 unspecified atom stereocenters. The molecule has 0 aromatic carbocycles. The van der Waals surface area contributed by atoms with Crippen LogP contribution in [0.4, 0.5) is 5.13 Å². The molecule has 5 heterocycles. The highest BCUT2D eigenvalue weighted by molar-refractivity contribution is 8.00. The van der Waals surface area contributed by atoms with E-state index in [9.17, 15) is 29.4 Å². The van der Waals surface area contributed by atoms with Crippen molar-refractivity contribution in [1.82, 2.24) is 19.8 Å². The standard InChI is InChI=1S/C22H19N7O7S2/c1-36-26-14(11-9-38-22(23)24-11)17(30)25-15-18(31)29-16(21(34)35)10(8-37-19(15)29)6-28-12(20(32)33)7-27-5-3-2-4-13(27)28/h2-5,7,9,15,19H,6,8H2,1H3,(H4-,23,24,25,30,32,33,34,35)/p+1/b26-14-/t15-,19-/m1/s1. The lowest BCUT2D eigenvalue weighted by Gasteiger charge is -2.49. The Balaban J connectivity index is 1.42. The highest BCUT2D eigenvalue weighted by Crippen LogP contribution is 2.41. The fraction of sp³-hybridized carbons (Fsp3) is 0.227. The number of amides is 2. The molecule has 0 aliphatic carbocycles. The topological polar surface area (TPSA) is 194 Å². The average Bonchev–Trinajstić information content (AvgIpc) is 3.48. The van der Waals surface area contributed by atoms with Crippen LogP contribution in [0.15, 0.2) is 52.4 Å². The van der Waals surface area contributed by atoms with Crippen LogP contribution in [0.5, 0.6) is 0 Å². The zero-order valence-corrected chi connectivity index (χ0v) is 21.2. The minimum Gasteiger partial charge on any atom is -0.477 e. The van der Waals surface area contributed by atoms with Gasteiger partial charge >= 0.3 is 11.9 Å². The van der Waals surface area contributed by atoms with E-state index >= 15 is 0 Å². The Morgan fingerprint density at radius 3 is 2.76 bits per heavy atom. The van der Waals surface area contributed by atoms with Gasteiger partial charge in [-0.1, -0.05) is 11.2 Å². The first kappa shape index (κ1) is 25.2. The van der Waals surface area contributed by atoms with Gasteiger partial charge in [0.25, 0.3) is 23.2 Å². The van der Waals surface area contributed by atoms with Crippen LogP contribution in [0.3, 0.4) is 0 Å². The van der Waals surface area contributed by atoms with Crippen LogP contribution in [-0.2, 0) is 25.8 Å². The third-order valence-corrected chi connectivity index (χ3v) is 7.98. The highest BCUT2D eigenvalue weighted by Gasteiger charge is 2.54. The van der Waals surface area contributed by atoms with Crippen molar-refractivity contribution >= 4 is 63.3 Å². The Kier molecular flexibility index (Phi) is 6.50. The van der Waals surface area contributed by atoms with Gasteiger partial charge in [-0.15, -0.1) is 23.1 Å². The summed E-state index contributed by atoms with van der Waals surface area (Å²) < 4.78 is 3.11. The molecule has 3 aromatic heterocycles. The van der Waals surface area contributed by atoms with E-state index in [1.54, 1.807) is 28.8 Å². The molecule has 2 aliphatic heterocycles. The summed E-state index contributed by atoms with van der Waals surface area (Å²) in [5.41, 5.74) is 6.27. The molecule has 38 heavy (non-hydrogen) atoms. The van der Waals surface area contributed by atoms with Crippen molar-refractivity contribution in [3.05, 3.63) is 58.6 Å². The molecule has 3 aromatic rings. The summed E-state index contributed by atoms with van der Waals surface area (Å²) in [7, 11) is 1.25. The number of oxime groups is 1. The molecular formula is C22H20N7O7S2+. The number of carbonyl (C=O) groups excluding carboxylic acids is 2. The minimum atomic E-state index is -1.33. The number of carboxylic acid groups (broad SMARTS) is 2. The van der Waals surface area contributed by atoms with Gasteiger partial charge in [0.2, 0.25) is 0 Å². The third-order valence-electron chi connectivity index (χ3n) is 5.96. The van der Waals surface area contributed by atoms with Crippen molar-refractivity contribution in [2.45, 2.75) is 18.0 Å². The molecule has 5 rings (SSSR count). The van der Waals surface area contributed by atoms with Crippen LogP contribution in [0, 0.1) is 0 Å². The number of pyridine rings is 1. The number of β-lactam (4-membered cyclic amide) rings is 1. The normalized spacial score (nSPS) is 19.2. The number of nitrogen functional groups attached to an aromatic ring is 1. The number of carboxylic acids is 2. The maximum absolute atomic E-state index is 13.1. The molecule has 2 aliphatic rings. The highest BCUT2D eigenvalue weighted by atomic mass is 32.2. The molecule has 2 amide bonds. The van der Waals surface area contributed by atoms with E-state index in [2.05, 4.69) is 15.5 Å². The number of anilines is 1. The van der Waals surface area contributed by atoms with Crippen molar-refractivity contribution in [3.63, 3.8) is 0 Å². The molecule has 196 valence electrons. The lowest BCUT2D eigenvalue weighted by Crippen LogP contribution is -2.71. The average molecular weight is 559 g/mol. The van der Waals surface area contributed by atoms with E-state index < -0.39 is 35.2 Å². The second-order valence-electron chi connectivity index (χ2n) is 8.18. The second-order valence-corrected chi connectivity index (χ2v) is 10.2. The van der Waals surface area contributed by atoms with Gasteiger partial charge in [0, 0.05) is 22.8 Å². The molecular weight excluding hydrogens is 538 g/mol. The number of nitrogens with two attached hydrogens (primary N) is 1. The van der Waals surface area contributed by atoms with E-state index in [0.717, 1.165) is 16.2 Å². The van der Waals surface area contributed by atoms with E-state index in [1.807, 2.05) is 0 Å². The van der Waals surface area contributed by atoms with E-state index in [-0.39, 0.29) is 40.2 Å². The Bertz CT molecular complexity index is 1560. The number of fused-ring (bicyclic) bond motifs is 2. The molecule has 2 atom stereocenters. The number of aliphatic carboxylic acids is 1. The summed E-state index contributed by atoms with van der Waals surface area (Å²) in [4.78, 5) is 60.0. The molecule has 16 heteroatoms. The van der Waals surface area contributed by atoms with Crippen molar-refractivity contribution < 1.29 is 38.6 Å². The number of hydrogen-bond acceptors (Lipinski definition) is 10. The largest absolute Gasteiger partial charge is 0.477 e. The van der Waals surface area contributed by atoms with Crippen LogP contribution in [0.25, 0.3) is 5.65 Å². The predicted molar refractivity (Wildman–Crippen MR) is 134 cm³/mol. The van der Waals surface area contributed by atoms with Gasteiger partial charge in [0.1, 0.15) is 36.5 Å². The first-order chi connectivity index (χ1) is 18.2. The number of hydrogen-bond donors (Lipinski definition) is 4. The Labute approximate surface area is 222 Å². The van der Waals surface area contributed by atoms with Crippen molar-refractivity contribution in [1.29, 1.82) is 0 Å². The lowest BCUT2D eigenvalue weighted by molar-refractivity contribution is -0.510. The molecule has 1 saturated heterocycles. The van der Waals surface area contributed by atoms with Crippen LogP contribution >= 0.6 is 23.1 Å². The molecule has 1 fully saturated rings. The zero-order valence-electron chi connectivity index (χ0n) is 19.6. The van der Waals surface area contributed by atoms with Crippen LogP contribution in [-0.4, -0.2) is 78.4 Å². The van der Waals surface area contributed by atoms with Gasteiger partial charge in [-0.2, -0.15) is 0 Å². The second kappa shape index (κ2) is 9.79. The molecule has 0 bridgehead atoms. The Morgan fingerprint density at radius 2 is 2.11 bits per heavy atom. The number of aromatic carboxylic acids is 1. The van der Waals surface area contributed by atoms with Gasteiger partial charge in [0.15, 0.2) is 17.0 Å².